The summed E-state index contributed by atoms with van der Waals surface area (Å²) < 4.78 is 0. The van der Waals surface area contributed by atoms with E-state index in [1.807, 2.05) is 44.2 Å². The molecule has 0 radical (unpaired) electrons. The van der Waals surface area contributed by atoms with Crippen molar-refractivity contribution >= 4 is 5.91 Å². The van der Waals surface area contributed by atoms with Gasteiger partial charge in [0.05, 0.1) is 12.5 Å². The van der Waals surface area contributed by atoms with Crippen LogP contribution in [0.1, 0.15) is 38.2 Å². The van der Waals surface area contributed by atoms with Gasteiger partial charge in [-0.3, -0.25) is 4.79 Å². The molecule has 0 spiro atoms. The number of carbonyl (C=O) groups excluding carboxylic acids is 1. The molecule has 1 unspecified atom stereocenters. The molecule has 1 atom stereocenters. The molecule has 0 saturated carbocycles. The van der Waals surface area contributed by atoms with Gasteiger partial charge in [0.2, 0.25) is 5.91 Å². The Balaban J connectivity index is 2.69. The van der Waals surface area contributed by atoms with Gasteiger partial charge in [-0.1, -0.05) is 44.2 Å². The molecule has 20 heavy (non-hydrogen) atoms. The molecule has 1 aromatic rings. The minimum atomic E-state index is -0.332. The van der Waals surface area contributed by atoms with Crippen molar-refractivity contribution in [2.24, 2.45) is 11.1 Å². The predicted octanol–water partition coefficient (Wildman–Crippen LogP) is 1.64. The van der Waals surface area contributed by atoms with E-state index in [-0.39, 0.29) is 30.4 Å². The van der Waals surface area contributed by atoms with Gasteiger partial charge in [0.15, 0.2) is 0 Å². The van der Waals surface area contributed by atoms with Crippen LogP contribution in [-0.4, -0.2) is 30.7 Å². The number of carbonyl (C=O) groups is 1. The molecule has 0 aromatic heterocycles. The maximum Gasteiger partial charge on any atom is 0.228 e. The zero-order chi connectivity index (χ0) is 15.0. The molecule has 0 fully saturated rings. The fourth-order valence-electron chi connectivity index (χ4n) is 2.26. The molecule has 1 aromatic carbocycles. The summed E-state index contributed by atoms with van der Waals surface area (Å²) in [5.74, 6) is -0.403. The summed E-state index contributed by atoms with van der Waals surface area (Å²) in [5, 5.41) is 12.5. The lowest BCUT2D eigenvalue weighted by Crippen LogP contribution is -2.42. The monoisotopic (exact) mass is 278 g/mol. The molecule has 4 N–H and O–H groups in total. The zero-order valence-corrected chi connectivity index (χ0v) is 12.4. The van der Waals surface area contributed by atoms with Crippen molar-refractivity contribution in [2.45, 2.75) is 32.6 Å². The molecule has 4 nitrogen and oxygen atoms in total. The Morgan fingerprint density at radius 1 is 1.30 bits per heavy atom. The van der Waals surface area contributed by atoms with Crippen LogP contribution in [0.15, 0.2) is 30.3 Å². The van der Waals surface area contributed by atoms with Crippen LogP contribution in [0, 0.1) is 5.41 Å². The molecular formula is C16H26N2O2. The number of rotatable bonds is 8. The molecule has 1 amide bonds. The van der Waals surface area contributed by atoms with Crippen LogP contribution in [0.2, 0.25) is 0 Å². The first kappa shape index (κ1) is 16.7. The third-order valence-corrected chi connectivity index (χ3v) is 4.23. The standard InChI is InChI=1S/C16H26N2O2/c1-3-16(4-2,12-19)11-18-15(20)14(10-17)13-8-6-5-7-9-13/h5-9,14,19H,3-4,10-12,17H2,1-2H3,(H,18,20). The number of nitrogens with two attached hydrogens (primary N) is 1. The first-order chi connectivity index (χ1) is 9.62. The highest BCUT2D eigenvalue weighted by molar-refractivity contribution is 5.83. The number of amides is 1. The molecule has 4 heteroatoms. The maximum absolute atomic E-state index is 12.3. The van der Waals surface area contributed by atoms with Gasteiger partial charge >= 0.3 is 0 Å². The lowest BCUT2D eigenvalue weighted by Gasteiger charge is -2.30. The average molecular weight is 278 g/mol. The van der Waals surface area contributed by atoms with E-state index in [0.717, 1.165) is 18.4 Å². The van der Waals surface area contributed by atoms with Gasteiger partial charge in [-0.05, 0) is 18.4 Å². The molecule has 112 valence electrons. The summed E-state index contributed by atoms with van der Waals surface area (Å²) in [6.07, 6.45) is 1.66. The first-order valence-corrected chi connectivity index (χ1v) is 7.26. The Kier molecular flexibility index (Phi) is 6.68. The van der Waals surface area contributed by atoms with Crippen LogP contribution in [-0.2, 0) is 4.79 Å². The van der Waals surface area contributed by atoms with Gasteiger partial charge in [0.25, 0.3) is 0 Å². The number of aliphatic hydroxyl groups excluding tert-OH is 1. The minimum Gasteiger partial charge on any atom is -0.396 e. The highest BCUT2D eigenvalue weighted by Crippen LogP contribution is 2.25. The van der Waals surface area contributed by atoms with E-state index in [1.165, 1.54) is 0 Å². The summed E-state index contributed by atoms with van der Waals surface area (Å²) in [6, 6.07) is 9.55. The molecule has 0 aliphatic carbocycles. The van der Waals surface area contributed by atoms with Crippen LogP contribution >= 0.6 is 0 Å². The van der Waals surface area contributed by atoms with Crippen molar-refractivity contribution in [3.63, 3.8) is 0 Å². The normalized spacial score (nSPS) is 13.0. The van der Waals surface area contributed by atoms with E-state index in [0.29, 0.717) is 6.54 Å². The van der Waals surface area contributed by atoms with E-state index >= 15 is 0 Å². The number of hydrogen-bond donors (Lipinski definition) is 3. The third kappa shape index (κ3) is 4.05. The topological polar surface area (TPSA) is 75.3 Å². The van der Waals surface area contributed by atoms with E-state index in [1.54, 1.807) is 0 Å². The van der Waals surface area contributed by atoms with Crippen LogP contribution in [0.5, 0.6) is 0 Å². The Hall–Kier alpha value is -1.39. The van der Waals surface area contributed by atoms with Crippen LogP contribution in [0.3, 0.4) is 0 Å². The van der Waals surface area contributed by atoms with Crippen molar-refractivity contribution < 1.29 is 9.90 Å². The van der Waals surface area contributed by atoms with E-state index in [4.69, 9.17) is 5.73 Å². The van der Waals surface area contributed by atoms with Gasteiger partial charge < -0.3 is 16.2 Å². The molecular weight excluding hydrogens is 252 g/mol. The summed E-state index contributed by atoms with van der Waals surface area (Å²) in [5.41, 5.74) is 6.43. The van der Waals surface area contributed by atoms with E-state index in [9.17, 15) is 9.90 Å². The Bertz CT molecular complexity index is 394. The van der Waals surface area contributed by atoms with Crippen LogP contribution in [0.25, 0.3) is 0 Å². The predicted molar refractivity (Wildman–Crippen MR) is 81.3 cm³/mol. The molecule has 0 aliphatic heterocycles. The van der Waals surface area contributed by atoms with Crippen molar-refractivity contribution in [3.05, 3.63) is 35.9 Å². The van der Waals surface area contributed by atoms with Crippen molar-refractivity contribution in [1.82, 2.24) is 5.32 Å². The van der Waals surface area contributed by atoms with E-state index in [2.05, 4.69) is 5.32 Å². The van der Waals surface area contributed by atoms with Crippen molar-refractivity contribution in [1.29, 1.82) is 0 Å². The van der Waals surface area contributed by atoms with Gasteiger partial charge in [0.1, 0.15) is 0 Å². The largest absolute Gasteiger partial charge is 0.396 e. The summed E-state index contributed by atoms with van der Waals surface area (Å²) in [6.45, 7) is 4.91. The highest BCUT2D eigenvalue weighted by Gasteiger charge is 2.27. The van der Waals surface area contributed by atoms with Crippen LogP contribution in [0.4, 0.5) is 0 Å². The van der Waals surface area contributed by atoms with Gasteiger partial charge in [-0.25, -0.2) is 0 Å². The van der Waals surface area contributed by atoms with Crippen molar-refractivity contribution in [3.8, 4) is 0 Å². The zero-order valence-electron chi connectivity index (χ0n) is 12.4. The lowest BCUT2D eigenvalue weighted by atomic mass is 9.83. The smallest absolute Gasteiger partial charge is 0.228 e. The van der Waals surface area contributed by atoms with Gasteiger partial charge in [-0.15, -0.1) is 0 Å². The number of benzene rings is 1. The average Bonchev–Trinajstić information content (AvgIpc) is 2.51. The molecule has 0 aliphatic rings. The fourth-order valence-corrected chi connectivity index (χ4v) is 2.26. The summed E-state index contributed by atoms with van der Waals surface area (Å²) in [4.78, 5) is 12.3. The Morgan fingerprint density at radius 2 is 1.90 bits per heavy atom. The summed E-state index contributed by atoms with van der Waals surface area (Å²) >= 11 is 0. The fraction of sp³-hybridized carbons (Fsp3) is 0.562. The van der Waals surface area contributed by atoms with Crippen molar-refractivity contribution in [2.75, 3.05) is 19.7 Å². The van der Waals surface area contributed by atoms with Crippen LogP contribution < -0.4 is 11.1 Å². The molecule has 1 rings (SSSR count). The number of nitrogens with one attached hydrogen (secondary N) is 1. The van der Waals surface area contributed by atoms with Gasteiger partial charge in [0, 0.05) is 18.5 Å². The van der Waals surface area contributed by atoms with E-state index < -0.39 is 0 Å². The maximum atomic E-state index is 12.3. The second-order valence-corrected chi connectivity index (χ2v) is 5.28. The molecule has 0 saturated heterocycles. The lowest BCUT2D eigenvalue weighted by molar-refractivity contribution is -0.123. The van der Waals surface area contributed by atoms with Gasteiger partial charge in [-0.2, -0.15) is 0 Å². The Labute approximate surface area is 121 Å². The number of hydrogen-bond acceptors (Lipinski definition) is 3. The number of aliphatic hydroxyl groups is 1. The minimum absolute atomic E-state index is 0.0709. The molecule has 0 heterocycles. The molecule has 0 bridgehead atoms. The quantitative estimate of drug-likeness (QED) is 0.676. The first-order valence-electron chi connectivity index (χ1n) is 7.26. The summed E-state index contributed by atoms with van der Waals surface area (Å²) in [7, 11) is 0. The third-order valence-electron chi connectivity index (χ3n) is 4.23. The highest BCUT2D eigenvalue weighted by atomic mass is 16.3. The Morgan fingerprint density at radius 3 is 2.35 bits per heavy atom. The second kappa shape index (κ2) is 8.02. The SMILES string of the molecule is CCC(CC)(CO)CNC(=O)C(CN)c1ccccc1. The second-order valence-electron chi connectivity index (χ2n) is 5.28.